The van der Waals surface area contributed by atoms with E-state index in [9.17, 15) is 10.0 Å². The van der Waals surface area contributed by atoms with Gasteiger partial charge in [0.05, 0.1) is 18.1 Å². The van der Waals surface area contributed by atoms with Gasteiger partial charge in [-0.2, -0.15) is 0 Å². The second-order valence-corrected chi connectivity index (χ2v) is 7.45. The lowest BCUT2D eigenvalue weighted by Crippen LogP contribution is -2.35. The summed E-state index contributed by atoms with van der Waals surface area (Å²) in [5, 5.41) is 21.0. The van der Waals surface area contributed by atoms with E-state index in [1.807, 2.05) is 30.3 Å². The summed E-state index contributed by atoms with van der Waals surface area (Å²) < 4.78 is 0. The van der Waals surface area contributed by atoms with Gasteiger partial charge in [-0.1, -0.05) is 72.8 Å². The minimum absolute atomic E-state index is 0.0355. The van der Waals surface area contributed by atoms with E-state index in [-0.39, 0.29) is 5.72 Å². The highest BCUT2D eigenvalue weighted by atomic mass is 16.4. The first-order chi connectivity index (χ1) is 15.7. The first-order valence-electron chi connectivity index (χ1n) is 10.3. The second kappa shape index (κ2) is 8.63. The zero-order valence-electron chi connectivity index (χ0n) is 17.2. The lowest BCUT2D eigenvalue weighted by molar-refractivity contribution is 0.422. The zero-order chi connectivity index (χ0) is 21.9. The predicted molar refractivity (Wildman–Crippen MR) is 129 cm³/mol. The molecule has 5 nitrogen and oxygen atoms in total. The van der Waals surface area contributed by atoms with Crippen LogP contribution < -0.4 is 10.6 Å². The van der Waals surface area contributed by atoms with Crippen molar-refractivity contribution in [2.75, 3.05) is 4.90 Å². The van der Waals surface area contributed by atoms with E-state index in [1.54, 1.807) is 12.4 Å². The van der Waals surface area contributed by atoms with Crippen LogP contribution in [0.4, 0.5) is 17.1 Å². The first-order valence-corrected chi connectivity index (χ1v) is 10.3. The minimum atomic E-state index is -1.71. The molecule has 0 fully saturated rings. The molecule has 0 aliphatic rings. The summed E-state index contributed by atoms with van der Waals surface area (Å²) in [6.45, 7) is 0. The maximum Gasteiger partial charge on any atom is 0.528 e. The minimum Gasteiger partial charge on any atom is -0.421 e. The van der Waals surface area contributed by atoms with E-state index in [4.69, 9.17) is 0 Å². The Morgan fingerprint density at radius 2 is 1.16 bits per heavy atom. The SMILES string of the molecule is OB(O)c1ncc(N(c2ccc(-c3ccccc3)cc2)c2ccc3ccccc3c2)cn1. The Bertz CT molecular complexity index is 1340. The molecule has 5 rings (SSSR count). The van der Waals surface area contributed by atoms with Crippen molar-refractivity contribution in [3.8, 4) is 11.1 Å². The smallest absolute Gasteiger partial charge is 0.421 e. The van der Waals surface area contributed by atoms with Crippen LogP contribution in [0.1, 0.15) is 0 Å². The Kier molecular flexibility index (Phi) is 5.38. The molecule has 0 saturated carbocycles. The van der Waals surface area contributed by atoms with Gasteiger partial charge in [0.1, 0.15) is 0 Å². The molecule has 0 bridgehead atoms. The van der Waals surface area contributed by atoms with E-state index in [0.717, 1.165) is 39.0 Å². The molecule has 0 spiro atoms. The summed E-state index contributed by atoms with van der Waals surface area (Å²) in [5.74, 6) is 0. The average Bonchev–Trinajstić information content (AvgIpc) is 2.85. The van der Waals surface area contributed by atoms with Gasteiger partial charge in [0, 0.05) is 11.4 Å². The van der Waals surface area contributed by atoms with Gasteiger partial charge in [-0.3, -0.25) is 0 Å². The Hall–Kier alpha value is -4.00. The fraction of sp³-hybridized carbons (Fsp3) is 0. The van der Waals surface area contributed by atoms with Crippen molar-refractivity contribution in [3.63, 3.8) is 0 Å². The molecular weight excluding hydrogens is 397 g/mol. The van der Waals surface area contributed by atoms with Crippen LogP contribution in [-0.4, -0.2) is 27.1 Å². The largest absolute Gasteiger partial charge is 0.528 e. The molecule has 2 N–H and O–H groups in total. The number of anilines is 3. The molecule has 0 amide bonds. The third kappa shape index (κ3) is 3.97. The van der Waals surface area contributed by atoms with Gasteiger partial charge < -0.3 is 14.9 Å². The highest BCUT2D eigenvalue weighted by Crippen LogP contribution is 2.36. The molecule has 0 aliphatic heterocycles. The van der Waals surface area contributed by atoms with Crippen molar-refractivity contribution in [2.45, 2.75) is 0 Å². The maximum absolute atomic E-state index is 9.36. The molecule has 0 aliphatic carbocycles. The quantitative estimate of drug-likeness (QED) is 0.414. The fourth-order valence-electron chi connectivity index (χ4n) is 3.78. The van der Waals surface area contributed by atoms with Crippen LogP contribution in [0.3, 0.4) is 0 Å². The molecule has 154 valence electrons. The Morgan fingerprint density at radius 3 is 1.84 bits per heavy atom. The van der Waals surface area contributed by atoms with Crippen LogP contribution in [-0.2, 0) is 0 Å². The molecule has 5 aromatic rings. The predicted octanol–water partition coefficient (Wildman–Crippen LogP) is 4.45. The van der Waals surface area contributed by atoms with Crippen molar-refractivity contribution in [3.05, 3.63) is 109 Å². The highest BCUT2D eigenvalue weighted by Gasteiger charge is 2.18. The molecule has 4 aromatic carbocycles. The van der Waals surface area contributed by atoms with E-state index in [1.165, 1.54) is 0 Å². The summed E-state index contributed by atoms with van der Waals surface area (Å²) in [4.78, 5) is 10.3. The van der Waals surface area contributed by atoms with E-state index in [0.29, 0.717) is 0 Å². The Balaban J connectivity index is 1.60. The fourth-order valence-corrected chi connectivity index (χ4v) is 3.78. The van der Waals surface area contributed by atoms with Crippen LogP contribution >= 0.6 is 0 Å². The topological polar surface area (TPSA) is 69.5 Å². The lowest BCUT2D eigenvalue weighted by Gasteiger charge is -2.25. The number of benzene rings is 4. The number of hydrogen-bond donors (Lipinski definition) is 2. The summed E-state index contributed by atoms with van der Waals surface area (Å²) in [5.41, 5.74) is 4.87. The van der Waals surface area contributed by atoms with Crippen LogP contribution in [0.25, 0.3) is 21.9 Å². The van der Waals surface area contributed by atoms with E-state index in [2.05, 4.69) is 81.6 Å². The van der Waals surface area contributed by atoms with Gasteiger partial charge in [0.25, 0.3) is 0 Å². The van der Waals surface area contributed by atoms with Crippen LogP contribution in [0.2, 0.25) is 0 Å². The highest BCUT2D eigenvalue weighted by molar-refractivity contribution is 6.56. The molecule has 0 atom stereocenters. The number of nitrogens with zero attached hydrogens (tertiary/aromatic N) is 3. The van der Waals surface area contributed by atoms with Gasteiger partial charge in [0.15, 0.2) is 5.72 Å². The summed E-state index contributed by atoms with van der Waals surface area (Å²) >= 11 is 0. The van der Waals surface area contributed by atoms with Crippen LogP contribution in [0.5, 0.6) is 0 Å². The number of aromatic nitrogens is 2. The summed E-state index contributed by atoms with van der Waals surface area (Å²) in [7, 11) is -1.71. The molecular formula is C26H20BN3O2. The second-order valence-electron chi connectivity index (χ2n) is 7.45. The van der Waals surface area contributed by atoms with Crippen LogP contribution in [0.15, 0.2) is 109 Å². The molecule has 0 unspecified atom stereocenters. The van der Waals surface area contributed by atoms with E-state index >= 15 is 0 Å². The third-order valence-corrected chi connectivity index (χ3v) is 5.37. The number of hydrogen-bond acceptors (Lipinski definition) is 5. The van der Waals surface area contributed by atoms with Gasteiger partial charge in [-0.05, 0) is 46.2 Å². The molecule has 0 radical (unpaired) electrons. The van der Waals surface area contributed by atoms with Crippen molar-refractivity contribution >= 4 is 40.7 Å². The average molecular weight is 417 g/mol. The molecule has 32 heavy (non-hydrogen) atoms. The van der Waals surface area contributed by atoms with Crippen molar-refractivity contribution in [1.82, 2.24) is 9.97 Å². The number of fused-ring (bicyclic) bond motifs is 1. The molecule has 1 heterocycles. The van der Waals surface area contributed by atoms with Gasteiger partial charge in [-0.25, -0.2) is 9.97 Å². The van der Waals surface area contributed by atoms with Gasteiger partial charge in [-0.15, -0.1) is 0 Å². The third-order valence-electron chi connectivity index (χ3n) is 5.37. The zero-order valence-corrected chi connectivity index (χ0v) is 17.2. The monoisotopic (exact) mass is 417 g/mol. The Morgan fingerprint density at radius 1 is 0.562 bits per heavy atom. The van der Waals surface area contributed by atoms with Crippen molar-refractivity contribution in [1.29, 1.82) is 0 Å². The summed E-state index contributed by atoms with van der Waals surface area (Å²) in [6.07, 6.45) is 3.20. The van der Waals surface area contributed by atoms with Crippen molar-refractivity contribution < 1.29 is 10.0 Å². The molecule has 1 aromatic heterocycles. The number of rotatable bonds is 5. The summed E-state index contributed by atoms with van der Waals surface area (Å²) in [6, 6.07) is 33.0. The molecule has 0 saturated heterocycles. The standard InChI is InChI=1S/C26H20BN3O2/c31-27(32)26-28-17-25(18-29-26)30(24-15-12-20-8-4-5-9-22(20)16-24)23-13-10-21(11-14-23)19-6-2-1-3-7-19/h1-18,31-32H. The van der Waals surface area contributed by atoms with Gasteiger partial charge >= 0.3 is 7.12 Å². The lowest BCUT2D eigenvalue weighted by atomic mass is 9.91. The van der Waals surface area contributed by atoms with Crippen LogP contribution in [0, 0.1) is 0 Å². The first kappa shape index (κ1) is 19.9. The Labute approximate surface area is 186 Å². The maximum atomic E-state index is 9.36. The van der Waals surface area contributed by atoms with Crippen molar-refractivity contribution in [2.24, 2.45) is 0 Å². The molecule has 6 heteroatoms. The van der Waals surface area contributed by atoms with E-state index < -0.39 is 7.12 Å². The normalized spacial score (nSPS) is 10.8. The van der Waals surface area contributed by atoms with Gasteiger partial charge in [0.2, 0.25) is 0 Å².